The van der Waals surface area contributed by atoms with Crippen LogP contribution in [0.5, 0.6) is 17.2 Å². The zero-order valence-corrected chi connectivity index (χ0v) is 22.5. The van der Waals surface area contributed by atoms with E-state index in [1.54, 1.807) is 55.6 Å². The maximum atomic E-state index is 14.0. The first kappa shape index (κ1) is 28.7. The SMILES string of the molecule is COc1cc(C(=O)CCC(O)(Cn2ccnn2)c2ccc(OC)c(-c3ccc(F)c(C)c3)n2)ccc1OCCO. The van der Waals surface area contributed by atoms with E-state index in [9.17, 15) is 14.3 Å². The van der Waals surface area contributed by atoms with Gasteiger partial charge in [0.15, 0.2) is 17.3 Å². The summed E-state index contributed by atoms with van der Waals surface area (Å²) in [7, 11) is 2.97. The second-order valence-corrected chi connectivity index (χ2v) is 9.20. The van der Waals surface area contributed by atoms with Gasteiger partial charge < -0.3 is 24.4 Å². The Balaban J connectivity index is 1.65. The van der Waals surface area contributed by atoms with Gasteiger partial charge >= 0.3 is 0 Å². The second-order valence-electron chi connectivity index (χ2n) is 9.20. The summed E-state index contributed by atoms with van der Waals surface area (Å²) >= 11 is 0. The van der Waals surface area contributed by atoms with Gasteiger partial charge in [-0.1, -0.05) is 5.21 Å². The van der Waals surface area contributed by atoms with E-state index in [1.807, 2.05) is 0 Å². The van der Waals surface area contributed by atoms with Crippen molar-refractivity contribution in [3.05, 3.63) is 83.6 Å². The number of hydrogen-bond donors (Lipinski definition) is 2. The molecule has 0 bridgehead atoms. The number of ether oxygens (including phenoxy) is 3. The summed E-state index contributed by atoms with van der Waals surface area (Å²) in [4.78, 5) is 17.9. The first-order chi connectivity index (χ1) is 19.3. The van der Waals surface area contributed by atoms with Crippen LogP contribution in [0.15, 0.2) is 60.9 Å². The molecule has 0 fully saturated rings. The fourth-order valence-corrected chi connectivity index (χ4v) is 4.32. The molecule has 2 aromatic carbocycles. The van der Waals surface area contributed by atoms with Crippen LogP contribution in [0.25, 0.3) is 11.3 Å². The van der Waals surface area contributed by atoms with E-state index >= 15 is 0 Å². The lowest BCUT2D eigenvalue weighted by atomic mass is 9.90. The Morgan fingerprint density at radius 2 is 1.82 bits per heavy atom. The number of pyridine rings is 1. The number of carbonyl (C=O) groups is 1. The van der Waals surface area contributed by atoms with Crippen LogP contribution in [0.1, 0.15) is 34.5 Å². The number of aliphatic hydroxyl groups is 2. The van der Waals surface area contributed by atoms with Gasteiger partial charge in [-0.25, -0.2) is 14.1 Å². The average Bonchev–Trinajstić information content (AvgIpc) is 3.48. The van der Waals surface area contributed by atoms with Gasteiger partial charge in [0, 0.05) is 23.7 Å². The molecular weight excluding hydrogens is 519 g/mol. The highest BCUT2D eigenvalue weighted by molar-refractivity contribution is 5.96. The molecule has 0 spiro atoms. The number of aromatic nitrogens is 4. The molecule has 2 aromatic heterocycles. The summed E-state index contributed by atoms with van der Waals surface area (Å²) in [5.41, 5.74) is 0.536. The van der Waals surface area contributed by atoms with Gasteiger partial charge in [-0.2, -0.15) is 0 Å². The van der Waals surface area contributed by atoms with Gasteiger partial charge in [-0.15, -0.1) is 5.10 Å². The van der Waals surface area contributed by atoms with E-state index in [1.165, 1.54) is 31.2 Å². The molecule has 0 radical (unpaired) electrons. The average molecular weight is 551 g/mol. The van der Waals surface area contributed by atoms with Gasteiger partial charge in [0.05, 0.1) is 39.3 Å². The largest absolute Gasteiger partial charge is 0.494 e. The Morgan fingerprint density at radius 1 is 1.05 bits per heavy atom. The number of benzene rings is 2. The van der Waals surface area contributed by atoms with Crippen LogP contribution >= 0.6 is 0 Å². The minimum atomic E-state index is -1.62. The Kier molecular flexibility index (Phi) is 9.08. The number of aliphatic hydroxyl groups excluding tert-OH is 1. The highest BCUT2D eigenvalue weighted by Gasteiger charge is 2.34. The van der Waals surface area contributed by atoms with Crippen molar-refractivity contribution in [2.45, 2.75) is 31.9 Å². The molecule has 210 valence electrons. The van der Waals surface area contributed by atoms with Crippen molar-refractivity contribution in [2.75, 3.05) is 27.4 Å². The van der Waals surface area contributed by atoms with Gasteiger partial charge in [-0.3, -0.25) is 4.79 Å². The quantitative estimate of drug-likeness (QED) is 0.239. The first-order valence-corrected chi connectivity index (χ1v) is 12.6. The van der Waals surface area contributed by atoms with Crippen LogP contribution in [-0.4, -0.2) is 63.4 Å². The van der Waals surface area contributed by atoms with E-state index in [0.29, 0.717) is 45.3 Å². The number of Topliss-reactive ketones (excluding diaryl/α,β-unsaturated/α-hetero) is 1. The lowest BCUT2D eigenvalue weighted by molar-refractivity contribution is 0.000675. The number of halogens is 1. The summed E-state index contributed by atoms with van der Waals surface area (Å²) < 4.78 is 31.7. The van der Waals surface area contributed by atoms with Crippen molar-refractivity contribution in [3.63, 3.8) is 0 Å². The van der Waals surface area contributed by atoms with Crippen LogP contribution in [0, 0.1) is 12.7 Å². The summed E-state index contributed by atoms with van der Waals surface area (Å²) in [6, 6.07) is 12.7. The second kappa shape index (κ2) is 12.7. The molecule has 2 heterocycles. The van der Waals surface area contributed by atoms with Gasteiger partial charge in [-0.05, 0) is 67.4 Å². The maximum absolute atomic E-state index is 14.0. The van der Waals surface area contributed by atoms with Crippen molar-refractivity contribution >= 4 is 5.78 Å². The third-order valence-corrected chi connectivity index (χ3v) is 6.48. The number of ketones is 1. The van der Waals surface area contributed by atoms with Crippen LogP contribution in [0.2, 0.25) is 0 Å². The minimum Gasteiger partial charge on any atom is -0.494 e. The fourth-order valence-electron chi connectivity index (χ4n) is 4.32. The molecule has 40 heavy (non-hydrogen) atoms. The highest BCUT2D eigenvalue weighted by atomic mass is 19.1. The summed E-state index contributed by atoms with van der Waals surface area (Å²) in [5.74, 6) is 0.635. The Hall–Kier alpha value is -4.35. The van der Waals surface area contributed by atoms with E-state index in [2.05, 4.69) is 10.3 Å². The number of rotatable bonds is 13. The van der Waals surface area contributed by atoms with Gasteiger partial charge in [0.25, 0.3) is 0 Å². The molecule has 4 aromatic rings. The molecule has 0 saturated carbocycles. The zero-order valence-electron chi connectivity index (χ0n) is 22.5. The number of methoxy groups -OCH3 is 2. The summed E-state index contributed by atoms with van der Waals surface area (Å²) in [5, 5.41) is 28.8. The molecule has 1 atom stereocenters. The smallest absolute Gasteiger partial charge is 0.163 e. The van der Waals surface area contributed by atoms with Crippen molar-refractivity contribution in [1.82, 2.24) is 20.0 Å². The van der Waals surface area contributed by atoms with E-state index < -0.39 is 5.60 Å². The monoisotopic (exact) mass is 550 g/mol. The third kappa shape index (κ3) is 6.44. The third-order valence-electron chi connectivity index (χ3n) is 6.48. The van der Waals surface area contributed by atoms with Crippen molar-refractivity contribution in [2.24, 2.45) is 0 Å². The molecule has 1 unspecified atom stereocenters. The molecule has 0 aliphatic rings. The van der Waals surface area contributed by atoms with Gasteiger partial charge in [0.2, 0.25) is 0 Å². The first-order valence-electron chi connectivity index (χ1n) is 12.6. The molecule has 0 aliphatic heterocycles. The van der Waals surface area contributed by atoms with E-state index in [-0.39, 0.29) is 44.2 Å². The molecule has 0 aliphatic carbocycles. The van der Waals surface area contributed by atoms with Crippen LogP contribution in [-0.2, 0) is 12.1 Å². The standard InChI is InChI=1S/C29H31FN4O6/c1-19-16-21(4-6-22(19)30)28-25(38-2)8-9-27(32-28)29(37,18-34-13-12-31-33-34)11-10-23(36)20-5-7-24(40-15-14-35)26(17-20)39-3/h4-9,12-13,16-17,35,37H,10-11,14-15,18H2,1-3H3. The van der Waals surface area contributed by atoms with Crippen LogP contribution in [0.4, 0.5) is 4.39 Å². The lowest BCUT2D eigenvalue weighted by Crippen LogP contribution is -2.34. The maximum Gasteiger partial charge on any atom is 0.163 e. The number of carbonyl (C=O) groups excluding carboxylic acids is 1. The molecule has 11 heteroatoms. The molecular formula is C29H31FN4O6. The molecule has 2 N–H and O–H groups in total. The van der Waals surface area contributed by atoms with Crippen molar-refractivity contribution in [3.8, 4) is 28.5 Å². The predicted octanol–water partition coefficient (Wildman–Crippen LogP) is 3.73. The van der Waals surface area contributed by atoms with Crippen molar-refractivity contribution in [1.29, 1.82) is 0 Å². The summed E-state index contributed by atoms with van der Waals surface area (Å²) in [6.07, 6.45) is 3.09. The summed E-state index contributed by atoms with van der Waals surface area (Å²) in [6.45, 7) is 1.57. The topological polar surface area (TPSA) is 129 Å². The normalized spacial score (nSPS) is 12.6. The Labute approximate surface area is 231 Å². The minimum absolute atomic E-state index is 0.0119. The van der Waals surface area contributed by atoms with Crippen molar-refractivity contribution < 1.29 is 33.6 Å². The molecule has 10 nitrogen and oxygen atoms in total. The van der Waals surface area contributed by atoms with Crippen LogP contribution in [0.3, 0.4) is 0 Å². The number of aryl methyl sites for hydroxylation is 1. The fraction of sp³-hybridized carbons (Fsp3) is 0.310. The molecule has 0 saturated heterocycles. The van der Waals surface area contributed by atoms with E-state index in [0.717, 1.165) is 0 Å². The van der Waals surface area contributed by atoms with E-state index in [4.69, 9.17) is 24.3 Å². The number of nitrogens with zero attached hydrogens (tertiary/aromatic N) is 4. The highest BCUT2D eigenvalue weighted by Crippen LogP contribution is 2.35. The number of hydrogen-bond acceptors (Lipinski definition) is 9. The van der Waals surface area contributed by atoms with Crippen LogP contribution < -0.4 is 14.2 Å². The molecule has 4 rings (SSSR count). The predicted molar refractivity (Wildman–Crippen MR) is 144 cm³/mol. The lowest BCUT2D eigenvalue weighted by Gasteiger charge is -2.28. The Morgan fingerprint density at radius 3 is 2.50 bits per heavy atom. The Bertz CT molecular complexity index is 1460. The van der Waals surface area contributed by atoms with Gasteiger partial charge in [0.1, 0.15) is 29.5 Å². The molecule has 0 amide bonds. The zero-order chi connectivity index (χ0) is 28.7.